The van der Waals surface area contributed by atoms with Crippen LogP contribution in [0.25, 0.3) is 5.69 Å². The Bertz CT molecular complexity index is 769. The van der Waals surface area contributed by atoms with Gasteiger partial charge in [-0.1, -0.05) is 39.0 Å². The molecule has 146 valence electrons. The van der Waals surface area contributed by atoms with Crippen molar-refractivity contribution in [1.82, 2.24) is 14.7 Å². The minimum Gasteiger partial charge on any atom is -0.370 e. The van der Waals surface area contributed by atoms with E-state index in [4.69, 9.17) is 5.10 Å². The van der Waals surface area contributed by atoms with Gasteiger partial charge in [-0.25, -0.2) is 4.68 Å². The Balaban J connectivity index is 1.76. The highest BCUT2D eigenvalue weighted by Crippen LogP contribution is 2.37. The van der Waals surface area contributed by atoms with Gasteiger partial charge in [-0.2, -0.15) is 5.10 Å². The molecule has 0 unspecified atom stereocenters. The first-order chi connectivity index (χ1) is 13.2. The molecule has 1 saturated heterocycles. The zero-order chi connectivity index (χ0) is 18.8. The molecule has 1 fully saturated rings. The number of hydrogen-bond donors (Lipinski definition) is 1. The standard InChI is InChI=1S/C23H34N4/c1-4-26-15-12-18(13-16-26)22-20-10-7-8-14-24-23(20)27(25-22)21-11-6-5-9-19(21)17(2)3/h5-6,9,11,17-18,24H,4,7-8,10,12-16H2,1-3H3. The zero-order valence-corrected chi connectivity index (χ0v) is 17.2. The van der Waals surface area contributed by atoms with Crippen molar-refractivity contribution in [3.8, 4) is 5.69 Å². The number of nitrogens with zero attached hydrogens (tertiary/aromatic N) is 3. The van der Waals surface area contributed by atoms with Gasteiger partial charge < -0.3 is 10.2 Å². The summed E-state index contributed by atoms with van der Waals surface area (Å²) >= 11 is 0. The average molecular weight is 367 g/mol. The van der Waals surface area contributed by atoms with E-state index in [1.807, 2.05) is 0 Å². The van der Waals surface area contributed by atoms with E-state index in [-0.39, 0.29) is 0 Å². The van der Waals surface area contributed by atoms with Crippen molar-refractivity contribution in [2.45, 2.75) is 64.7 Å². The number of para-hydroxylation sites is 1. The fourth-order valence-corrected chi connectivity index (χ4v) is 4.72. The Kier molecular flexibility index (Phi) is 5.53. The number of likely N-dealkylation sites (tertiary alicyclic amines) is 1. The lowest BCUT2D eigenvalue weighted by Crippen LogP contribution is -2.33. The first-order valence-electron chi connectivity index (χ1n) is 10.9. The lowest BCUT2D eigenvalue weighted by Gasteiger charge is -2.30. The highest BCUT2D eigenvalue weighted by Gasteiger charge is 2.29. The fraction of sp³-hybridized carbons (Fsp3) is 0.609. The molecule has 0 spiro atoms. The minimum absolute atomic E-state index is 0.489. The quantitative estimate of drug-likeness (QED) is 0.832. The number of piperidine rings is 1. The predicted octanol–water partition coefficient (Wildman–Crippen LogP) is 4.94. The summed E-state index contributed by atoms with van der Waals surface area (Å²) < 4.78 is 2.23. The molecule has 27 heavy (non-hydrogen) atoms. The number of anilines is 1. The van der Waals surface area contributed by atoms with Gasteiger partial charge in [0.2, 0.25) is 0 Å². The van der Waals surface area contributed by atoms with E-state index in [9.17, 15) is 0 Å². The van der Waals surface area contributed by atoms with Gasteiger partial charge in [0.1, 0.15) is 5.82 Å². The number of nitrogens with one attached hydrogen (secondary N) is 1. The van der Waals surface area contributed by atoms with E-state index in [2.05, 4.69) is 59.9 Å². The molecule has 1 N–H and O–H groups in total. The Labute approximate surface area is 164 Å². The van der Waals surface area contributed by atoms with E-state index in [0.29, 0.717) is 11.8 Å². The van der Waals surface area contributed by atoms with Crippen molar-refractivity contribution >= 4 is 5.82 Å². The molecule has 0 radical (unpaired) electrons. The molecule has 4 nitrogen and oxygen atoms in total. The Morgan fingerprint density at radius 2 is 1.93 bits per heavy atom. The zero-order valence-electron chi connectivity index (χ0n) is 17.2. The molecular weight excluding hydrogens is 332 g/mol. The number of aromatic nitrogens is 2. The number of rotatable bonds is 4. The molecule has 4 heteroatoms. The maximum Gasteiger partial charge on any atom is 0.133 e. The Morgan fingerprint density at radius 1 is 1.15 bits per heavy atom. The SMILES string of the molecule is CCN1CCC(c2nn(-c3ccccc3C(C)C)c3c2CCCCN3)CC1. The third-order valence-corrected chi connectivity index (χ3v) is 6.37. The van der Waals surface area contributed by atoms with Crippen LogP contribution < -0.4 is 5.32 Å². The number of benzene rings is 1. The van der Waals surface area contributed by atoms with Gasteiger partial charge in [0.25, 0.3) is 0 Å². The Morgan fingerprint density at radius 3 is 2.67 bits per heavy atom. The third kappa shape index (κ3) is 3.64. The lowest BCUT2D eigenvalue weighted by molar-refractivity contribution is 0.220. The molecule has 0 amide bonds. The highest BCUT2D eigenvalue weighted by molar-refractivity contribution is 5.57. The van der Waals surface area contributed by atoms with E-state index in [0.717, 1.165) is 13.0 Å². The number of fused-ring (bicyclic) bond motifs is 1. The molecule has 0 atom stereocenters. The molecule has 0 aliphatic carbocycles. The van der Waals surface area contributed by atoms with Crippen LogP contribution in [-0.4, -0.2) is 40.9 Å². The van der Waals surface area contributed by atoms with E-state index < -0.39 is 0 Å². The van der Waals surface area contributed by atoms with Gasteiger partial charge >= 0.3 is 0 Å². The molecular formula is C23H34N4. The van der Waals surface area contributed by atoms with E-state index in [1.54, 1.807) is 0 Å². The van der Waals surface area contributed by atoms with Gasteiger partial charge in [-0.15, -0.1) is 0 Å². The second kappa shape index (κ2) is 8.05. The summed E-state index contributed by atoms with van der Waals surface area (Å²) in [6.07, 6.45) is 6.15. The summed E-state index contributed by atoms with van der Waals surface area (Å²) in [7, 11) is 0. The fourth-order valence-electron chi connectivity index (χ4n) is 4.72. The van der Waals surface area contributed by atoms with Crippen molar-refractivity contribution in [3.63, 3.8) is 0 Å². The predicted molar refractivity (Wildman–Crippen MR) is 113 cm³/mol. The molecule has 1 aromatic heterocycles. The normalized spacial score (nSPS) is 19.0. The molecule has 0 saturated carbocycles. The second-order valence-electron chi connectivity index (χ2n) is 8.43. The second-order valence-corrected chi connectivity index (χ2v) is 8.43. The molecule has 3 heterocycles. The van der Waals surface area contributed by atoms with Gasteiger partial charge in [0.05, 0.1) is 11.4 Å². The summed E-state index contributed by atoms with van der Waals surface area (Å²) in [5.41, 5.74) is 5.48. The van der Waals surface area contributed by atoms with Crippen LogP contribution in [-0.2, 0) is 6.42 Å². The lowest BCUT2D eigenvalue weighted by atomic mass is 9.90. The van der Waals surface area contributed by atoms with Crippen molar-refractivity contribution in [2.75, 3.05) is 31.5 Å². The van der Waals surface area contributed by atoms with Crippen molar-refractivity contribution < 1.29 is 0 Å². The van der Waals surface area contributed by atoms with Crippen LogP contribution in [0.5, 0.6) is 0 Å². The van der Waals surface area contributed by atoms with Crippen LogP contribution in [0.4, 0.5) is 5.82 Å². The van der Waals surface area contributed by atoms with Crippen LogP contribution in [0.3, 0.4) is 0 Å². The molecule has 4 rings (SSSR count). The van der Waals surface area contributed by atoms with Gasteiger partial charge in [0.15, 0.2) is 0 Å². The largest absolute Gasteiger partial charge is 0.370 e. The molecule has 0 bridgehead atoms. The summed E-state index contributed by atoms with van der Waals surface area (Å²) in [5.74, 6) is 2.35. The molecule has 1 aromatic carbocycles. The van der Waals surface area contributed by atoms with Gasteiger partial charge in [-0.05, 0) is 69.3 Å². The highest BCUT2D eigenvalue weighted by atomic mass is 15.3. The Hall–Kier alpha value is -1.81. The molecule has 2 aromatic rings. The third-order valence-electron chi connectivity index (χ3n) is 6.37. The summed E-state index contributed by atoms with van der Waals surface area (Å²) in [4.78, 5) is 2.57. The summed E-state index contributed by atoms with van der Waals surface area (Å²) in [6, 6.07) is 8.78. The summed E-state index contributed by atoms with van der Waals surface area (Å²) in [6.45, 7) is 11.5. The van der Waals surface area contributed by atoms with Crippen molar-refractivity contribution in [3.05, 3.63) is 41.1 Å². The van der Waals surface area contributed by atoms with E-state index in [1.165, 1.54) is 73.6 Å². The van der Waals surface area contributed by atoms with Crippen molar-refractivity contribution in [1.29, 1.82) is 0 Å². The maximum atomic E-state index is 5.26. The van der Waals surface area contributed by atoms with E-state index >= 15 is 0 Å². The van der Waals surface area contributed by atoms with Gasteiger partial charge in [-0.3, -0.25) is 0 Å². The molecule has 2 aliphatic heterocycles. The van der Waals surface area contributed by atoms with Crippen LogP contribution in [0.2, 0.25) is 0 Å². The van der Waals surface area contributed by atoms with Crippen LogP contribution in [0, 0.1) is 0 Å². The number of hydrogen-bond acceptors (Lipinski definition) is 3. The van der Waals surface area contributed by atoms with Crippen LogP contribution in [0.15, 0.2) is 24.3 Å². The maximum absolute atomic E-state index is 5.26. The monoisotopic (exact) mass is 366 g/mol. The first kappa shape index (κ1) is 18.5. The average Bonchev–Trinajstić information content (AvgIpc) is 2.88. The van der Waals surface area contributed by atoms with Crippen LogP contribution in [0.1, 0.15) is 75.1 Å². The molecule has 2 aliphatic rings. The van der Waals surface area contributed by atoms with Crippen LogP contribution >= 0.6 is 0 Å². The smallest absolute Gasteiger partial charge is 0.133 e. The summed E-state index contributed by atoms with van der Waals surface area (Å²) in [5, 5.41) is 8.98. The van der Waals surface area contributed by atoms with Crippen molar-refractivity contribution in [2.24, 2.45) is 0 Å². The minimum atomic E-state index is 0.489. The first-order valence-corrected chi connectivity index (χ1v) is 10.9. The topological polar surface area (TPSA) is 33.1 Å². The van der Waals surface area contributed by atoms with Gasteiger partial charge in [0, 0.05) is 18.0 Å².